The fraction of sp³-hybridized carbons (Fsp3) is 0.316. The zero-order valence-electron chi connectivity index (χ0n) is 14.4. The van der Waals surface area contributed by atoms with Crippen molar-refractivity contribution in [3.63, 3.8) is 0 Å². The number of nitrogens with one attached hydrogen (secondary N) is 2. The van der Waals surface area contributed by atoms with Crippen LogP contribution in [0.15, 0.2) is 29.1 Å². The zero-order valence-corrected chi connectivity index (χ0v) is 14.4. The summed E-state index contributed by atoms with van der Waals surface area (Å²) in [4.78, 5) is 39.8. The van der Waals surface area contributed by atoms with E-state index in [1.165, 1.54) is 13.2 Å². The molecule has 1 aliphatic rings. The molecular formula is C19H20N2O4. The number of pyridine rings is 1. The molecule has 0 aliphatic heterocycles. The van der Waals surface area contributed by atoms with Gasteiger partial charge >= 0.3 is 0 Å². The van der Waals surface area contributed by atoms with Gasteiger partial charge in [0.2, 0.25) is 0 Å². The van der Waals surface area contributed by atoms with Gasteiger partial charge in [0, 0.05) is 17.7 Å². The van der Waals surface area contributed by atoms with E-state index in [-0.39, 0.29) is 17.3 Å². The number of carbonyl (C=O) groups excluding carboxylic acids is 2. The van der Waals surface area contributed by atoms with Crippen LogP contribution >= 0.6 is 0 Å². The quantitative estimate of drug-likeness (QED) is 0.899. The van der Waals surface area contributed by atoms with Gasteiger partial charge < -0.3 is 15.0 Å². The number of hydrogen-bond acceptors (Lipinski definition) is 4. The molecule has 0 radical (unpaired) electrons. The lowest BCUT2D eigenvalue weighted by molar-refractivity contribution is 0.0952. The predicted octanol–water partition coefficient (Wildman–Crippen LogP) is 2.71. The van der Waals surface area contributed by atoms with Crippen LogP contribution < -0.4 is 15.6 Å². The topological polar surface area (TPSA) is 88.3 Å². The average molecular weight is 340 g/mol. The lowest BCUT2D eigenvalue weighted by Crippen LogP contribution is -2.29. The largest absolute Gasteiger partial charge is 0.495 e. The molecule has 6 heteroatoms. The van der Waals surface area contributed by atoms with E-state index in [4.69, 9.17) is 4.74 Å². The molecule has 2 N–H and O–H groups in total. The summed E-state index contributed by atoms with van der Waals surface area (Å²) in [5.41, 5.74) is 1.89. The van der Waals surface area contributed by atoms with E-state index < -0.39 is 11.5 Å². The second kappa shape index (κ2) is 6.55. The maximum atomic E-state index is 12.6. The summed E-state index contributed by atoms with van der Waals surface area (Å²) in [6, 6.07) is 6.77. The lowest BCUT2D eigenvalue weighted by atomic mass is 9.86. The maximum Gasteiger partial charge on any atom is 0.261 e. The highest BCUT2D eigenvalue weighted by molar-refractivity contribution is 6.07. The molecule has 0 spiro atoms. The molecule has 25 heavy (non-hydrogen) atoms. The van der Waals surface area contributed by atoms with Gasteiger partial charge in [-0.3, -0.25) is 14.4 Å². The number of methoxy groups -OCH3 is 1. The third-order valence-corrected chi connectivity index (χ3v) is 4.36. The smallest absolute Gasteiger partial charge is 0.261 e. The molecule has 0 unspecified atom stereocenters. The molecule has 6 nitrogen and oxygen atoms in total. The van der Waals surface area contributed by atoms with Crippen LogP contribution in [0, 0.1) is 12.8 Å². The zero-order chi connectivity index (χ0) is 18.1. The molecule has 130 valence electrons. The standard InChI is InChI=1S/C19H20N2O4/c1-10-4-5-17(25-3)15(6-10)21-19(24)13-9-12-14(20-18(13)23)7-11(2)8-16(12)22/h4-6,9,11H,7-8H2,1-3H3,(H,20,23)(H,21,24)/t11-/m0/s1. The number of aromatic nitrogens is 1. The molecule has 0 fully saturated rings. The third-order valence-electron chi connectivity index (χ3n) is 4.36. The summed E-state index contributed by atoms with van der Waals surface area (Å²) >= 11 is 0. The number of fused-ring (bicyclic) bond motifs is 1. The summed E-state index contributed by atoms with van der Waals surface area (Å²) in [6.07, 6.45) is 1.05. The van der Waals surface area contributed by atoms with Gasteiger partial charge in [-0.1, -0.05) is 13.0 Å². The molecule has 2 aromatic rings. The maximum absolute atomic E-state index is 12.6. The van der Waals surface area contributed by atoms with Crippen molar-refractivity contribution in [3.05, 3.63) is 57.0 Å². The Bertz CT molecular complexity index is 914. The first-order valence-corrected chi connectivity index (χ1v) is 8.14. The van der Waals surface area contributed by atoms with Crippen LogP contribution in [-0.2, 0) is 6.42 Å². The van der Waals surface area contributed by atoms with Gasteiger partial charge in [0.15, 0.2) is 5.78 Å². The van der Waals surface area contributed by atoms with Crippen molar-refractivity contribution >= 4 is 17.4 Å². The second-order valence-corrected chi connectivity index (χ2v) is 6.50. The van der Waals surface area contributed by atoms with Crippen LogP contribution in [0.1, 0.15) is 45.3 Å². The molecule has 1 aromatic heterocycles. The highest BCUT2D eigenvalue weighted by Gasteiger charge is 2.26. The molecule has 1 heterocycles. The summed E-state index contributed by atoms with van der Waals surface area (Å²) in [5.74, 6) is 0.0664. The van der Waals surface area contributed by atoms with Crippen molar-refractivity contribution in [1.82, 2.24) is 4.98 Å². The molecule has 0 saturated carbocycles. The first-order chi connectivity index (χ1) is 11.9. The number of H-pyrrole nitrogens is 1. The minimum Gasteiger partial charge on any atom is -0.495 e. The molecule has 1 amide bonds. The third kappa shape index (κ3) is 3.33. The van der Waals surface area contributed by atoms with E-state index in [1.807, 2.05) is 19.9 Å². The van der Waals surface area contributed by atoms with E-state index in [9.17, 15) is 14.4 Å². The number of ether oxygens (including phenoxy) is 1. The highest BCUT2D eigenvalue weighted by Crippen LogP contribution is 2.26. The monoisotopic (exact) mass is 340 g/mol. The van der Waals surface area contributed by atoms with E-state index in [0.717, 1.165) is 5.56 Å². The number of Topliss-reactive ketones (excluding diaryl/α,β-unsaturated/α-hetero) is 1. The Hall–Kier alpha value is -2.89. The lowest BCUT2D eigenvalue weighted by Gasteiger charge is -2.20. The normalized spacial score (nSPS) is 16.3. The number of aromatic amines is 1. The van der Waals surface area contributed by atoms with Crippen LogP contribution in [0.5, 0.6) is 5.75 Å². The summed E-state index contributed by atoms with van der Waals surface area (Å²) in [7, 11) is 1.51. The van der Waals surface area contributed by atoms with Gasteiger partial charge in [0.05, 0.1) is 12.8 Å². The Morgan fingerprint density at radius 1 is 1.24 bits per heavy atom. The molecule has 0 saturated heterocycles. The van der Waals surface area contributed by atoms with Crippen molar-refractivity contribution in [2.75, 3.05) is 12.4 Å². The number of rotatable bonds is 3. The number of amides is 1. The fourth-order valence-corrected chi connectivity index (χ4v) is 3.10. The number of hydrogen-bond donors (Lipinski definition) is 2. The SMILES string of the molecule is COc1ccc(C)cc1NC(=O)c1cc2c([nH]c1=O)C[C@H](C)CC2=O. The van der Waals surface area contributed by atoms with Crippen LogP contribution in [0.25, 0.3) is 0 Å². The molecule has 3 rings (SSSR count). The molecule has 1 atom stereocenters. The molecule has 1 aliphatic carbocycles. The Morgan fingerprint density at radius 2 is 2.00 bits per heavy atom. The highest BCUT2D eigenvalue weighted by atomic mass is 16.5. The Balaban J connectivity index is 1.96. The summed E-state index contributed by atoms with van der Waals surface area (Å²) in [5, 5.41) is 2.69. The Morgan fingerprint density at radius 3 is 2.72 bits per heavy atom. The number of ketones is 1. The minimum absolute atomic E-state index is 0.0489. The van der Waals surface area contributed by atoms with Gasteiger partial charge in [0.25, 0.3) is 11.5 Å². The predicted molar refractivity (Wildman–Crippen MR) is 94.6 cm³/mol. The van der Waals surface area contributed by atoms with E-state index >= 15 is 0 Å². The van der Waals surface area contributed by atoms with E-state index in [2.05, 4.69) is 10.3 Å². The van der Waals surface area contributed by atoms with Gasteiger partial charge in [-0.25, -0.2) is 0 Å². The Kier molecular flexibility index (Phi) is 4.44. The van der Waals surface area contributed by atoms with E-state index in [1.54, 1.807) is 12.1 Å². The number of anilines is 1. The van der Waals surface area contributed by atoms with Gasteiger partial charge in [-0.05, 0) is 43.0 Å². The molecule has 0 bridgehead atoms. The van der Waals surface area contributed by atoms with Gasteiger partial charge in [0.1, 0.15) is 11.3 Å². The minimum atomic E-state index is -0.570. The van der Waals surface area contributed by atoms with Crippen LogP contribution in [0.3, 0.4) is 0 Å². The van der Waals surface area contributed by atoms with Crippen molar-refractivity contribution in [3.8, 4) is 5.75 Å². The summed E-state index contributed by atoms with van der Waals surface area (Å²) in [6.45, 7) is 3.85. The second-order valence-electron chi connectivity index (χ2n) is 6.50. The van der Waals surface area contributed by atoms with Crippen molar-refractivity contribution < 1.29 is 14.3 Å². The van der Waals surface area contributed by atoms with Crippen molar-refractivity contribution in [2.45, 2.75) is 26.7 Å². The first-order valence-electron chi connectivity index (χ1n) is 8.14. The summed E-state index contributed by atoms with van der Waals surface area (Å²) < 4.78 is 5.23. The molecular weight excluding hydrogens is 320 g/mol. The average Bonchev–Trinajstić information content (AvgIpc) is 2.54. The molecule has 1 aromatic carbocycles. The van der Waals surface area contributed by atoms with Gasteiger partial charge in [-0.2, -0.15) is 0 Å². The van der Waals surface area contributed by atoms with Crippen LogP contribution in [0.4, 0.5) is 5.69 Å². The number of aryl methyl sites for hydroxylation is 1. The van der Waals surface area contributed by atoms with Crippen LogP contribution in [-0.4, -0.2) is 23.8 Å². The van der Waals surface area contributed by atoms with Crippen molar-refractivity contribution in [1.29, 1.82) is 0 Å². The van der Waals surface area contributed by atoms with Gasteiger partial charge in [-0.15, -0.1) is 0 Å². The fourth-order valence-electron chi connectivity index (χ4n) is 3.10. The van der Waals surface area contributed by atoms with E-state index in [0.29, 0.717) is 35.5 Å². The number of benzene rings is 1. The van der Waals surface area contributed by atoms with Crippen LogP contribution in [0.2, 0.25) is 0 Å². The van der Waals surface area contributed by atoms with Crippen molar-refractivity contribution in [2.24, 2.45) is 5.92 Å². The first kappa shape index (κ1) is 17.0. The Labute approximate surface area is 145 Å². The number of carbonyl (C=O) groups is 2.